The highest BCUT2D eigenvalue weighted by molar-refractivity contribution is 9.10. The molecule has 24 heavy (non-hydrogen) atoms. The van der Waals surface area contributed by atoms with Crippen LogP contribution in [0.1, 0.15) is 41.6 Å². The van der Waals surface area contributed by atoms with Crippen molar-refractivity contribution < 1.29 is 9.32 Å². The van der Waals surface area contributed by atoms with Crippen LogP contribution in [0.15, 0.2) is 27.3 Å². The Kier molecular flexibility index (Phi) is 4.89. The number of amides is 1. The summed E-state index contributed by atoms with van der Waals surface area (Å²) in [4.78, 5) is 21.4. The number of carbonyl (C=O) groups excluding carboxylic acids is 1. The van der Waals surface area contributed by atoms with Crippen molar-refractivity contribution in [2.75, 3.05) is 31.1 Å². The molecule has 0 aromatic carbocycles. The molecule has 1 aliphatic rings. The molecule has 2 aromatic rings. The van der Waals surface area contributed by atoms with E-state index in [9.17, 15) is 4.79 Å². The average molecular weight is 393 g/mol. The maximum Gasteiger partial charge on any atom is 0.259 e. The van der Waals surface area contributed by atoms with E-state index in [-0.39, 0.29) is 11.8 Å². The standard InChI is InChI=1S/C17H21BrN4O2/c1-11(2)16-15(12(3)20-24-16)17(23)22-8-6-21(7-9-22)14-5-4-13(18)10-19-14/h4-5,10-11H,6-9H2,1-3H3. The molecule has 3 rings (SSSR count). The van der Waals surface area contributed by atoms with Gasteiger partial charge in [0.25, 0.3) is 5.91 Å². The number of piperazine rings is 1. The number of carbonyl (C=O) groups is 1. The predicted octanol–water partition coefficient (Wildman–Crippen LogP) is 3.23. The van der Waals surface area contributed by atoms with Crippen molar-refractivity contribution in [1.82, 2.24) is 15.0 Å². The van der Waals surface area contributed by atoms with Gasteiger partial charge in [-0.3, -0.25) is 4.79 Å². The van der Waals surface area contributed by atoms with Crippen molar-refractivity contribution >= 4 is 27.7 Å². The third-order valence-corrected chi connectivity index (χ3v) is 4.70. The van der Waals surface area contributed by atoms with Crippen LogP contribution in [0.25, 0.3) is 0 Å². The van der Waals surface area contributed by atoms with Gasteiger partial charge in [0, 0.05) is 42.8 Å². The second-order valence-corrected chi connectivity index (χ2v) is 7.19. The fraction of sp³-hybridized carbons (Fsp3) is 0.471. The van der Waals surface area contributed by atoms with Crippen LogP contribution >= 0.6 is 15.9 Å². The van der Waals surface area contributed by atoms with E-state index >= 15 is 0 Å². The summed E-state index contributed by atoms with van der Waals surface area (Å²) < 4.78 is 6.31. The molecule has 0 spiro atoms. The Balaban J connectivity index is 1.69. The molecule has 0 radical (unpaired) electrons. The molecule has 0 saturated carbocycles. The van der Waals surface area contributed by atoms with Gasteiger partial charge < -0.3 is 14.3 Å². The summed E-state index contributed by atoms with van der Waals surface area (Å²) >= 11 is 3.40. The van der Waals surface area contributed by atoms with Gasteiger partial charge in [-0.25, -0.2) is 4.98 Å². The van der Waals surface area contributed by atoms with Gasteiger partial charge in [-0.05, 0) is 35.0 Å². The van der Waals surface area contributed by atoms with E-state index in [1.165, 1.54) is 0 Å². The van der Waals surface area contributed by atoms with Crippen LogP contribution in [0.2, 0.25) is 0 Å². The number of anilines is 1. The number of hydrogen-bond donors (Lipinski definition) is 0. The molecule has 1 aliphatic heterocycles. The molecule has 7 heteroatoms. The molecule has 0 atom stereocenters. The van der Waals surface area contributed by atoms with E-state index in [4.69, 9.17) is 4.52 Å². The summed E-state index contributed by atoms with van der Waals surface area (Å²) in [6, 6.07) is 3.97. The molecule has 0 unspecified atom stereocenters. The molecule has 0 N–H and O–H groups in total. The van der Waals surface area contributed by atoms with Crippen LogP contribution in [-0.2, 0) is 0 Å². The Morgan fingerprint density at radius 2 is 1.96 bits per heavy atom. The van der Waals surface area contributed by atoms with Gasteiger partial charge in [-0.1, -0.05) is 19.0 Å². The van der Waals surface area contributed by atoms with Crippen molar-refractivity contribution in [3.05, 3.63) is 39.8 Å². The fourth-order valence-corrected chi connectivity index (χ4v) is 3.13. The Bertz CT molecular complexity index is 719. The first-order chi connectivity index (χ1) is 11.5. The topological polar surface area (TPSA) is 62.5 Å². The van der Waals surface area contributed by atoms with E-state index in [0.29, 0.717) is 30.1 Å². The van der Waals surface area contributed by atoms with E-state index in [1.54, 1.807) is 6.20 Å². The molecule has 128 valence electrons. The van der Waals surface area contributed by atoms with Crippen molar-refractivity contribution in [2.45, 2.75) is 26.7 Å². The Labute approximate surface area is 150 Å². The first-order valence-corrected chi connectivity index (χ1v) is 8.88. The minimum absolute atomic E-state index is 0.0147. The van der Waals surface area contributed by atoms with Crippen LogP contribution in [0, 0.1) is 6.92 Å². The lowest BCUT2D eigenvalue weighted by molar-refractivity contribution is 0.0743. The highest BCUT2D eigenvalue weighted by Gasteiger charge is 2.29. The van der Waals surface area contributed by atoms with Crippen molar-refractivity contribution in [3.8, 4) is 0 Å². The predicted molar refractivity (Wildman–Crippen MR) is 95.4 cm³/mol. The van der Waals surface area contributed by atoms with Crippen molar-refractivity contribution in [1.29, 1.82) is 0 Å². The minimum atomic E-state index is 0.0147. The number of halogens is 1. The zero-order valence-corrected chi connectivity index (χ0v) is 15.7. The van der Waals surface area contributed by atoms with Crippen LogP contribution in [0.5, 0.6) is 0 Å². The lowest BCUT2D eigenvalue weighted by Crippen LogP contribution is -2.49. The number of hydrogen-bond acceptors (Lipinski definition) is 5. The average Bonchev–Trinajstić information content (AvgIpc) is 2.97. The molecule has 1 amide bonds. The fourth-order valence-electron chi connectivity index (χ4n) is 2.89. The van der Waals surface area contributed by atoms with E-state index in [1.807, 2.05) is 37.8 Å². The molecule has 3 heterocycles. The lowest BCUT2D eigenvalue weighted by atomic mass is 10.0. The van der Waals surface area contributed by atoms with Gasteiger partial charge in [0.05, 0.1) is 5.69 Å². The zero-order valence-electron chi connectivity index (χ0n) is 14.1. The molecule has 2 aromatic heterocycles. The highest BCUT2D eigenvalue weighted by atomic mass is 79.9. The maximum absolute atomic E-state index is 12.9. The summed E-state index contributed by atoms with van der Waals surface area (Å²) in [5, 5.41) is 3.98. The first-order valence-electron chi connectivity index (χ1n) is 8.09. The molecule has 0 bridgehead atoms. The minimum Gasteiger partial charge on any atom is -0.360 e. The summed E-state index contributed by atoms with van der Waals surface area (Å²) in [5.41, 5.74) is 1.29. The number of pyridine rings is 1. The third kappa shape index (κ3) is 3.31. The first kappa shape index (κ1) is 17.0. The lowest BCUT2D eigenvalue weighted by Gasteiger charge is -2.35. The van der Waals surface area contributed by atoms with Crippen LogP contribution in [0.4, 0.5) is 5.82 Å². The van der Waals surface area contributed by atoms with E-state index in [2.05, 4.69) is 31.0 Å². The number of aryl methyl sites for hydroxylation is 1. The van der Waals surface area contributed by atoms with Crippen molar-refractivity contribution in [2.24, 2.45) is 0 Å². The van der Waals surface area contributed by atoms with Gasteiger partial charge in [0.15, 0.2) is 5.76 Å². The second kappa shape index (κ2) is 6.93. The monoisotopic (exact) mass is 392 g/mol. The number of nitrogens with zero attached hydrogens (tertiary/aromatic N) is 4. The van der Waals surface area contributed by atoms with Crippen LogP contribution in [0.3, 0.4) is 0 Å². The molecular formula is C17H21BrN4O2. The van der Waals surface area contributed by atoms with E-state index in [0.717, 1.165) is 23.4 Å². The van der Waals surface area contributed by atoms with E-state index < -0.39 is 0 Å². The number of rotatable bonds is 3. The Hall–Kier alpha value is -1.89. The zero-order chi connectivity index (χ0) is 17.3. The van der Waals surface area contributed by atoms with Gasteiger partial charge in [0.2, 0.25) is 0 Å². The third-order valence-electron chi connectivity index (χ3n) is 4.23. The number of aromatic nitrogens is 2. The second-order valence-electron chi connectivity index (χ2n) is 6.28. The van der Waals surface area contributed by atoms with Gasteiger partial charge in [-0.15, -0.1) is 0 Å². The van der Waals surface area contributed by atoms with Gasteiger partial charge in [-0.2, -0.15) is 0 Å². The summed E-state index contributed by atoms with van der Waals surface area (Å²) in [5.74, 6) is 1.77. The van der Waals surface area contributed by atoms with Crippen LogP contribution in [-0.4, -0.2) is 47.1 Å². The normalized spacial score (nSPS) is 15.2. The molecule has 0 aliphatic carbocycles. The summed E-state index contributed by atoms with van der Waals surface area (Å²) in [6.07, 6.45) is 1.79. The smallest absolute Gasteiger partial charge is 0.259 e. The quantitative estimate of drug-likeness (QED) is 0.802. The molecule has 1 fully saturated rings. The largest absolute Gasteiger partial charge is 0.360 e. The molecule has 1 saturated heterocycles. The Morgan fingerprint density at radius 1 is 1.25 bits per heavy atom. The van der Waals surface area contributed by atoms with Gasteiger partial charge in [0.1, 0.15) is 11.4 Å². The highest BCUT2D eigenvalue weighted by Crippen LogP contribution is 2.24. The molecule has 6 nitrogen and oxygen atoms in total. The summed E-state index contributed by atoms with van der Waals surface area (Å²) in [6.45, 7) is 8.70. The SMILES string of the molecule is Cc1noc(C(C)C)c1C(=O)N1CCN(c2ccc(Br)cn2)CC1. The van der Waals surface area contributed by atoms with Gasteiger partial charge >= 0.3 is 0 Å². The Morgan fingerprint density at radius 3 is 2.54 bits per heavy atom. The van der Waals surface area contributed by atoms with Crippen molar-refractivity contribution in [3.63, 3.8) is 0 Å². The summed E-state index contributed by atoms with van der Waals surface area (Å²) in [7, 11) is 0. The van der Waals surface area contributed by atoms with Crippen LogP contribution < -0.4 is 4.90 Å². The maximum atomic E-state index is 12.9. The molecular weight excluding hydrogens is 372 g/mol.